The summed E-state index contributed by atoms with van der Waals surface area (Å²) in [4.78, 5) is 43.3. The van der Waals surface area contributed by atoms with E-state index >= 15 is 0 Å². The minimum Gasteiger partial charge on any atom is -0.480 e. The molecule has 5 nitrogen and oxygen atoms in total. The second-order valence-corrected chi connectivity index (χ2v) is 10.9. The molecule has 5 rings (SSSR count). The summed E-state index contributed by atoms with van der Waals surface area (Å²) in [5, 5.41) is 12.4. The summed E-state index contributed by atoms with van der Waals surface area (Å²) >= 11 is 1.44. The molecule has 0 radical (unpaired) electrons. The number of amides is 1. The number of hydrogen-bond acceptors (Lipinski definition) is 4. The van der Waals surface area contributed by atoms with Crippen LogP contribution in [0.1, 0.15) is 63.1 Å². The maximum Gasteiger partial charge on any atom is 0.327 e. The maximum atomic E-state index is 14.3. The third-order valence-electron chi connectivity index (χ3n) is 7.66. The molecule has 1 saturated carbocycles. The monoisotopic (exact) mass is 505 g/mol. The first-order valence-electron chi connectivity index (χ1n) is 12.2. The van der Waals surface area contributed by atoms with Crippen LogP contribution in [0.4, 0.5) is 4.39 Å². The van der Waals surface area contributed by atoms with Crippen LogP contribution in [0.15, 0.2) is 60.0 Å². The van der Waals surface area contributed by atoms with Crippen molar-refractivity contribution in [3.8, 4) is 0 Å². The summed E-state index contributed by atoms with van der Waals surface area (Å²) in [5.74, 6) is -3.92. The number of Topliss-reactive ketones (excluding diaryl/α,β-unsaturated/α-hetero) is 1. The van der Waals surface area contributed by atoms with Crippen LogP contribution in [-0.4, -0.2) is 33.7 Å². The quantitative estimate of drug-likeness (QED) is 0.422. The maximum absolute atomic E-state index is 14.3. The van der Waals surface area contributed by atoms with Crippen LogP contribution in [0, 0.1) is 31.5 Å². The molecule has 0 bridgehead atoms. The number of carboxylic acid groups (broad SMARTS) is 1. The van der Waals surface area contributed by atoms with Gasteiger partial charge in [0, 0.05) is 22.3 Å². The van der Waals surface area contributed by atoms with Crippen LogP contribution in [0.5, 0.6) is 0 Å². The van der Waals surface area contributed by atoms with Gasteiger partial charge < -0.3 is 10.0 Å². The minimum atomic E-state index is -1.24. The zero-order valence-electron chi connectivity index (χ0n) is 20.2. The number of thiophene rings is 1. The molecule has 1 amide bonds. The number of halogens is 1. The Morgan fingerprint density at radius 1 is 1.03 bits per heavy atom. The van der Waals surface area contributed by atoms with Crippen LogP contribution >= 0.6 is 11.3 Å². The number of nitrogens with zero attached hydrogens (tertiary/aromatic N) is 1. The van der Waals surface area contributed by atoms with Gasteiger partial charge in [0.25, 0.3) is 0 Å². The van der Waals surface area contributed by atoms with Gasteiger partial charge in [-0.15, -0.1) is 11.3 Å². The van der Waals surface area contributed by atoms with Crippen molar-refractivity contribution in [3.05, 3.63) is 92.9 Å². The molecule has 1 N–H and O–H groups in total. The number of rotatable bonds is 6. The van der Waals surface area contributed by atoms with Crippen molar-refractivity contribution in [1.82, 2.24) is 4.90 Å². The van der Waals surface area contributed by atoms with Crippen molar-refractivity contribution in [2.45, 2.75) is 51.1 Å². The second-order valence-electron chi connectivity index (χ2n) is 9.91. The Labute approximate surface area is 213 Å². The first-order chi connectivity index (χ1) is 17.3. The topological polar surface area (TPSA) is 74.7 Å². The van der Waals surface area contributed by atoms with Gasteiger partial charge in [-0.2, -0.15) is 0 Å². The number of carbonyl (C=O) groups is 3. The molecule has 4 unspecified atom stereocenters. The molecule has 1 aromatic heterocycles. The van der Waals surface area contributed by atoms with Gasteiger partial charge in [-0.1, -0.05) is 42.3 Å². The smallest absolute Gasteiger partial charge is 0.327 e. The van der Waals surface area contributed by atoms with Gasteiger partial charge >= 0.3 is 5.97 Å². The van der Waals surface area contributed by atoms with Crippen molar-refractivity contribution in [2.24, 2.45) is 11.8 Å². The predicted octanol–water partition coefficient (Wildman–Crippen LogP) is 5.92. The van der Waals surface area contributed by atoms with Crippen molar-refractivity contribution in [1.29, 1.82) is 0 Å². The second kappa shape index (κ2) is 9.62. The number of ketones is 1. The average Bonchev–Trinajstić information content (AvgIpc) is 3.38. The lowest BCUT2D eigenvalue weighted by Gasteiger charge is -2.36. The van der Waals surface area contributed by atoms with E-state index in [2.05, 4.69) is 0 Å². The van der Waals surface area contributed by atoms with Crippen molar-refractivity contribution >= 4 is 29.0 Å². The van der Waals surface area contributed by atoms with Crippen LogP contribution in [0.2, 0.25) is 0 Å². The summed E-state index contributed by atoms with van der Waals surface area (Å²) < 4.78 is 13.9. The van der Waals surface area contributed by atoms with E-state index in [1.807, 2.05) is 37.4 Å². The number of benzene rings is 2. The zero-order chi connectivity index (χ0) is 25.6. The highest BCUT2D eigenvalue weighted by atomic mass is 32.1. The van der Waals surface area contributed by atoms with Crippen LogP contribution in [-0.2, 0) is 9.59 Å². The lowest BCUT2D eigenvalue weighted by molar-refractivity contribution is -0.153. The molecule has 0 spiro atoms. The van der Waals surface area contributed by atoms with E-state index < -0.39 is 35.7 Å². The fraction of sp³-hybridized carbons (Fsp3) is 0.345. The van der Waals surface area contributed by atoms with E-state index in [0.29, 0.717) is 11.1 Å². The number of aliphatic carboxylic acids is 1. The molecule has 4 atom stereocenters. The van der Waals surface area contributed by atoms with E-state index in [9.17, 15) is 23.9 Å². The van der Waals surface area contributed by atoms with Crippen molar-refractivity contribution < 1.29 is 23.9 Å². The Hall–Kier alpha value is -3.32. The SMILES string of the molecule is Cc1cccc(C(=O)C2C(c3ccc(F)cc3)C(C(=O)O)N(C(=O)C3CCC3)C2c2sccc2C)c1. The van der Waals surface area contributed by atoms with E-state index in [-0.39, 0.29) is 17.6 Å². The molecule has 2 aromatic carbocycles. The number of carbonyl (C=O) groups excluding carboxylic acids is 2. The molecule has 1 aliphatic heterocycles. The van der Waals surface area contributed by atoms with Crippen LogP contribution < -0.4 is 0 Å². The number of likely N-dealkylation sites (tertiary alicyclic amines) is 1. The van der Waals surface area contributed by atoms with Gasteiger partial charge in [-0.25, -0.2) is 9.18 Å². The lowest BCUT2D eigenvalue weighted by atomic mass is 9.77. The Morgan fingerprint density at radius 2 is 1.75 bits per heavy atom. The van der Waals surface area contributed by atoms with Crippen LogP contribution in [0.3, 0.4) is 0 Å². The lowest BCUT2D eigenvalue weighted by Crippen LogP contribution is -2.47. The van der Waals surface area contributed by atoms with E-state index in [1.54, 1.807) is 24.3 Å². The Bertz CT molecular complexity index is 1310. The highest BCUT2D eigenvalue weighted by molar-refractivity contribution is 7.10. The average molecular weight is 506 g/mol. The first kappa shape index (κ1) is 24.4. The fourth-order valence-electron chi connectivity index (χ4n) is 5.67. The summed E-state index contributed by atoms with van der Waals surface area (Å²) in [6, 6.07) is 12.9. The zero-order valence-corrected chi connectivity index (χ0v) is 21.0. The molecule has 2 aliphatic rings. The normalized spacial score (nSPS) is 23.9. The number of aryl methyl sites for hydroxylation is 2. The largest absolute Gasteiger partial charge is 0.480 e. The summed E-state index contributed by atoms with van der Waals surface area (Å²) in [6.07, 6.45) is 2.36. The van der Waals surface area contributed by atoms with E-state index in [1.165, 1.54) is 28.4 Å². The molecule has 1 saturated heterocycles. The van der Waals surface area contributed by atoms with Crippen molar-refractivity contribution in [3.63, 3.8) is 0 Å². The standard InChI is InChI=1S/C29H28FNO4S/c1-16-5-3-8-20(15-16)26(32)23-22(18-9-11-21(30)12-10-18)25(29(34)35)31(28(33)19-6-4-7-19)24(23)27-17(2)13-14-36-27/h3,5,8-15,19,22-25H,4,6-7H2,1-2H3,(H,34,35). The highest BCUT2D eigenvalue weighted by Gasteiger charge is 2.59. The third kappa shape index (κ3) is 4.15. The Balaban J connectivity index is 1.74. The van der Waals surface area contributed by atoms with Gasteiger partial charge in [0.2, 0.25) is 5.91 Å². The molecule has 2 fully saturated rings. The van der Waals surface area contributed by atoms with E-state index in [4.69, 9.17) is 0 Å². The van der Waals surface area contributed by atoms with Crippen LogP contribution in [0.25, 0.3) is 0 Å². The predicted molar refractivity (Wildman–Crippen MR) is 136 cm³/mol. The van der Waals surface area contributed by atoms with Gasteiger partial charge in [0.05, 0.1) is 12.0 Å². The molecule has 7 heteroatoms. The third-order valence-corrected chi connectivity index (χ3v) is 8.75. The van der Waals surface area contributed by atoms with Gasteiger partial charge in [0.15, 0.2) is 5.78 Å². The number of carboxylic acids is 1. The molecule has 186 valence electrons. The fourth-order valence-corrected chi connectivity index (χ4v) is 6.75. The summed E-state index contributed by atoms with van der Waals surface area (Å²) in [7, 11) is 0. The van der Waals surface area contributed by atoms with Gasteiger partial charge in [-0.3, -0.25) is 9.59 Å². The number of hydrogen-bond donors (Lipinski definition) is 1. The molecule has 1 aliphatic carbocycles. The molecule has 3 aromatic rings. The molecule has 36 heavy (non-hydrogen) atoms. The van der Waals surface area contributed by atoms with Crippen molar-refractivity contribution in [2.75, 3.05) is 0 Å². The molecular formula is C29H28FNO4S. The first-order valence-corrected chi connectivity index (χ1v) is 13.1. The molecule has 2 heterocycles. The minimum absolute atomic E-state index is 0.207. The Morgan fingerprint density at radius 3 is 2.31 bits per heavy atom. The van der Waals surface area contributed by atoms with Gasteiger partial charge in [-0.05, 0) is 67.5 Å². The Kier molecular flexibility index (Phi) is 6.51. The van der Waals surface area contributed by atoms with Gasteiger partial charge in [0.1, 0.15) is 11.9 Å². The summed E-state index contributed by atoms with van der Waals surface area (Å²) in [6.45, 7) is 3.82. The molecular weight excluding hydrogens is 477 g/mol. The summed E-state index contributed by atoms with van der Waals surface area (Å²) in [5.41, 5.74) is 2.85. The van der Waals surface area contributed by atoms with E-state index in [0.717, 1.165) is 35.3 Å². The highest BCUT2D eigenvalue weighted by Crippen LogP contribution is 2.54.